The average Bonchev–Trinajstić information content (AvgIpc) is 2.86. The van der Waals surface area contributed by atoms with Crippen molar-refractivity contribution < 1.29 is 0 Å². The van der Waals surface area contributed by atoms with Crippen molar-refractivity contribution in [1.82, 2.24) is 10.3 Å². The smallest absolute Gasteiger partial charge is 0.109 e. The number of thiazole rings is 1. The van der Waals surface area contributed by atoms with Crippen molar-refractivity contribution in [2.75, 3.05) is 0 Å². The van der Waals surface area contributed by atoms with Crippen LogP contribution >= 0.6 is 38.6 Å². The Morgan fingerprint density at radius 1 is 1.35 bits per heavy atom. The summed E-state index contributed by atoms with van der Waals surface area (Å²) in [5.74, 6) is 0. The fourth-order valence-electron chi connectivity index (χ4n) is 1.71. The van der Waals surface area contributed by atoms with Gasteiger partial charge < -0.3 is 5.32 Å². The lowest BCUT2D eigenvalue weighted by atomic mass is 10.2. The molecule has 0 aliphatic heterocycles. The van der Waals surface area contributed by atoms with Crippen LogP contribution in [0.1, 0.15) is 40.7 Å². The Morgan fingerprint density at radius 3 is 2.65 bits per heavy atom. The second-order valence-electron chi connectivity index (χ2n) is 4.05. The van der Waals surface area contributed by atoms with E-state index < -0.39 is 0 Å². The second-order valence-corrected chi connectivity index (χ2v) is 7.12. The zero-order chi connectivity index (χ0) is 12.4. The Bertz CT molecular complexity index is 492. The Labute approximate surface area is 118 Å². The van der Waals surface area contributed by atoms with Gasteiger partial charge in [-0.1, -0.05) is 0 Å². The monoisotopic (exact) mass is 330 g/mol. The number of aryl methyl sites for hydroxylation is 1. The molecule has 2 heterocycles. The number of thiophene rings is 1. The van der Waals surface area contributed by atoms with Gasteiger partial charge in [0.25, 0.3) is 0 Å². The van der Waals surface area contributed by atoms with Gasteiger partial charge in [-0.2, -0.15) is 0 Å². The third kappa shape index (κ3) is 3.16. The van der Waals surface area contributed by atoms with Crippen LogP contribution in [0.4, 0.5) is 0 Å². The first-order valence-corrected chi connectivity index (χ1v) is 7.98. The van der Waals surface area contributed by atoms with Crippen LogP contribution in [0.3, 0.4) is 0 Å². The van der Waals surface area contributed by atoms with Gasteiger partial charge in [0, 0.05) is 26.5 Å². The number of rotatable bonds is 4. The molecular weight excluding hydrogens is 316 g/mol. The first-order valence-electron chi connectivity index (χ1n) is 5.49. The summed E-state index contributed by atoms with van der Waals surface area (Å²) in [4.78, 5) is 7.02. The molecule has 2 atom stereocenters. The highest BCUT2D eigenvalue weighted by atomic mass is 79.9. The molecule has 92 valence electrons. The molecule has 0 radical (unpaired) electrons. The van der Waals surface area contributed by atoms with E-state index in [4.69, 9.17) is 0 Å². The summed E-state index contributed by atoms with van der Waals surface area (Å²) in [5, 5.41) is 6.84. The average molecular weight is 331 g/mol. The molecule has 5 heteroatoms. The van der Waals surface area contributed by atoms with Gasteiger partial charge in [0.15, 0.2) is 0 Å². The molecule has 0 aliphatic rings. The van der Waals surface area contributed by atoms with Gasteiger partial charge in [-0.3, -0.25) is 0 Å². The zero-order valence-electron chi connectivity index (χ0n) is 10.0. The number of aromatic nitrogens is 1. The van der Waals surface area contributed by atoms with E-state index in [1.54, 1.807) is 22.7 Å². The zero-order valence-corrected chi connectivity index (χ0v) is 13.2. The number of nitrogens with zero attached hydrogens (tertiary/aromatic N) is 1. The molecule has 0 aromatic carbocycles. The van der Waals surface area contributed by atoms with E-state index in [1.807, 2.05) is 6.20 Å². The summed E-state index contributed by atoms with van der Waals surface area (Å²) in [6, 6.07) is 2.72. The molecule has 0 saturated heterocycles. The van der Waals surface area contributed by atoms with Crippen LogP contribution in [0.15, 0.2) is 22.1 Å². The van der Waals surface area contributed by atoms with E-state index in [9.17, 15) is 0 Å². The van der Waals surface area contributed by atoms with E-state index >= 15 is 0 Å². The molecule has 0 fully saturated rings. The summed E-state index contributed by atoms with van der Waals surface area (Å²) < 4.78 is 1.19. The number of hydrogen-bond donors (Lipinski definition) is 1. The second kappa shape index (κ2) is 5.61. The predicted octanol–water partition coefficient (Wildman–Crippen LogP) is 4.69. The lowest BCUT2D eigenvalue weighted by Crippen LogP contribution is -2.21. The van der Waals surface area contributed by atoms with Gasteiger partial charge in [-0.25, -0.2) is 4.98 Å². The van der Waals surface area contributed by atoms with E-state index in [-0.39, 0.29) is 6.04 Å². The van der Waals surface area contributed by atoms with Crippen LogP contribution < -0.4 is 5.32 Å². The lowest BCUT2D eigenvalue weighted by molar-refractivity contribution is 0.497. The van der Waals surface area contributed by atoms with Crippen LogP contribution in [-0.2, 0) is 0 Å². The molecule has 2 aromatic rings. The molecule has 1 N–H and O–H groups in total. The Morgan fingerprint density at radius 2 is 2.12 bits per heavy atom. The molecule has 0 aliphatic carbocycles. The van der Waals surface area contributed by atoms with Gasteiger partial charge in [0.1, 0.15) is 5.01 Å². The van der Waals surface area contributed by atoms with Crippen molar-refractivity contribution in [3.05, 3.63) is 36.9 Å². The summed E-state index contributed by atoms with van der Waals surface area (Å²) in [6.45, 7) is 6.44. The van der Waals surface area contributed by atoms with Gasteiger partial charge >= 0.3 is 0 Å². The van der Waals surface area contributed by atoms with E-state index in [1.165, 1.54) is 14.2 Å². The molecule has 2 aromatic heterocycles. The standard InChI is InChI=1S/C12H15BrN2S2/c1-7-6-14-12(17-7)9(3)15-8(2)11-10(13)4-5-16-11/h4-6,8-9,15H,1-3H3. The highest BCUT2D eigenvalue weighted by Gasteiger charge is 2.16. The van der Waals surface area contributed by atoms with Crippen molar-refractivity contribution in [2.45, 2.75) is 32.9 Å². The quantitative estimate of drug-likeness (QED) is 0.879. The van der Waals surface area contributed by atoms with Crippen molar-refractivity contribution in [3.63, 3.8) is 0 Å². The minimum Gasteiger partial charge on any atom is -0.301 e. The SMILES string of the molecule is Cc1cnc(C(C)NC(C)c2sccc2Br)s1. The lowest BCUT2D eigenvalue weighted by Gasteiger charge is -2.17. The molecule has 0 amide bonds. The molecule has 0 saturated carbocycles. The summed E-state index contributed by atoms with van der Waals surface area (Å²) in [5.41, 5.74) is 0. The number of hydrogen-bond acceptors (Lipinski definition) is 4. The number of nitrogens with one attached hydrogen (secondary N) is 1. The van der Waals surface area contributed by atoms with Gasteiger partial charge in [-0.05, 0) is 48.1 Å². The molecule has 0 spiro atoms. The first-order chi connectivity index (χ1) is 8.08. The van der Waals surface area contributed by atoms with E-state index in [2.05, 4.69) is 58.4 Å². The van der Waals surface area contributed by atoms with Crippen molar-refractivity contribution >= 4 is 38.6 Å². The maximum absolute atomic E-state index is 4.42. The molecule has 2 unspecified atom stereocenters. The van der Waals surface area contributed by atoms with Gasteiger partial charge in [-0.15, -0.1) is 22.7 Å². The fraction of sp³-hybridized carbons (Fsp3) is 0.417. The van der Waals surface area contributed by atoms with Crippen LogP contribution in [0.25, 0.3) is 0 Å². The Kier molecular flexibility index (Phi) is 4.36. The number of halogens is 1. The molecule has 2 rings (SSSR count). The summed E-state index contributed by atoms with van der Waals surface area (Å²) in [7, 11) is 0. The maximum Gasteiger partial charge on any atom is 0.109 e. The van der Waals surface area contributed by atoms with E-state index in [0.717, 1.165) is 5.01 Å². The largest absolute Gasteiger partial charge is 0.301 e. The first kappa shape index (κ1) is 13.2. The van der Waals surface area contributed by atoms with Crippen molar-refractivity contribution in [2.24, 2.45) is 0 Å². The summed E-state index contributed by atoms with van der Waals surface area (Å²) >= 11 is 7.11. The normalized spacial score (nSPS) is 14.8. The molecule has 17 heavy (non-hydrogen) atoms. The van der Waals surface area contributed by atoms with Crippen LogP contribution in [-0.4, -0.2) is 4.98 Å². The minimum absolute atomic E-state index is 0.290. The Hall–Kier alpha value is -0.230. The third-order valence-electron chi connectivity index (χ3n) is 2.55. The van der Waals surface area contributed by atoms with Gasteiger partial charge in [0.2, 0.25) is 0 Å². The molecule has 2 nitrogen and oxygen atoms in total. The third-order valence-corrected chi connectivity index (χ3v) is 5.70. The van der Waals surface area contributed by atoms with Crippen LogP contribution in [0.5, 0.6) is 0 Å². The Balaban J connectivity index is 2.04. The predicted molar refractivity (Wildman–Crippen MR) is 78.8 cm³/mol. The van der Waals surface area contributed by atoms with Crippen LogP contribution in [0.2, 0.25) is 0 Å². The fourth-order valence-corrected chi connectivity index (χ4v) is 4.23. The minimum atomic E-state index is 0.290. The highest BCUT2D eigenvalue weighted by molar-refractivity contribution is 9.10. The maximum atomic E-state index is 4.42. The topological polar surface area (TPSA) is 24.9 Å². The van der Waals surface area contributed by atoms with E-state index in [0.29, 0.717) is 6.04 Å². The van der Waals surface area contributed by atoms with Gasteiger partial charge in [0.05, 0.1) is 6.04 Å². The van der Waals surface area contributed by atoms with Crippen molar-refractivity contribution in [3.8, 4) is 0 Å². The van der Waals surface area contributed by atoms with Crippen molar-refractivity contribution in [1.29, 1.82) is 0 Å². The molecule has 0 bridgehead atoms. The summed E-state index contributed by atoms with van der Waals surface area (Å²) in [6.07, 6.45) is 1.93. The molecular formula is C12H15BrN2S2. The highest BCUT2D eigenvalue weighted by Crippen LogP contribution is 2.30. The van der Waals surface area contributed by atoms with Crippen LogP contribution in [0, 0.1) is 6.92 Å².